The van der Waals surface area contributed by atoms with E-state index in [2.05, 4.69) is 4.90 Å². The van der Waals surface area contributed by atoms with E-state index in [-0.39, 0.29) is 16.5 Å². The van der Waals surface area contributed by atoms with Crippen LogP contribution in [0.25, 0.3) is 0 Å². The lowest BCUT2D eigenvalue weighted by Crippen LogP contribution is -2.49. The number of amides is 1. The van der Waals surface area contributed by atoms with Crippen LogP contribution < -0.4 is 4.90 Å². The minimum Gasteiger partial charge on any atom is -0.368 e. The Kier molecular flexibility index (Phi) is 5.42. The Morgan fingerprint density at radius 1 is 1.15 bits per heavy atom. The number of nitro groups is 1. The van der Waals surface area contributed by atoms with E-state index in [1.54, 1.807) is 25.1 Å². The lowest BCUT2D eigenvalue weighted by Gasteiger charge is -2.36. The highest BCUT2D eigenvalue weighted by molar-refractivity contribution is 6.30. The summed E-state index contributed by atoms with van der Waals surface area (Å²) in [6.07, 6.45) is 0.344. The van der Waals surface area contributed by atoms with Crippen molar-refractivity contribution in [3.05, 3.63) is 68.7 Å². The van der Waals surface area contributed by atoms with Crippen LogP contribution in [0.4, 0.5) is 11.4 Å². The number of piperazine rings is 1. The average Bonchev–Trinajstić information content (AvgIpc) is 2.61. The first-order chi connectivity index (χ1) is 12.4. The lowest BCUT2D eigenvalue weighted by atomic mass is 10.1. The van der Waals surface area contributed by atoms with Gasteiger partial charge < -0.3 is 9.80 Å². The van der Waals surface area contributed by atoms with Crippen molar-refractivity contribution in [3.8, 4) is 0 Å². The number of rotatable bonds is 4. The highest BCUT2D eigenvalue weighted by atomic mass is 35.5. The molecule has 136 valence electrons. The second-order valence-electron chi connectivity index (χ2n) is 6.40. The predicted molar refractivity (Wildman–Crippen MR) is 102 cm³/mol. The summed E-state index contributed by atoms with van der Waals surface area (Å²) >= 11 is 5.97. The molecule has 0 unspecified atom stereocenters. The molecule has 0 aromatic heterocycles. The SMILES string of the molecule is Cc1cc(N2CCN(C(=O)Cc3cccc(Cl)c3)CC2)ccc1[N+](=O)[O-]. The summed E-state index contributed by atoms with van der Waals surface area (Å²) in [5.74, 6) is 0.0896. The number of nitrogens with zero attached hydrogens (tertiary/aromatic N) is 3. The van der Waals surface area contributed by atoms with Crippen molar-refractivity contribution < 1.29 is 9.72 Å². The van der Waals surface area contributed by atoms with E-state index in [9.17, 15) is 14.9 Å². The molecular formula is C19H20ClN3O3. The fraction of sp³-hybridized carbons (Fsp3) is 0.316. The standard InChI is InChI=1S/C19H20ClN3O3/c1-14-11-17(5-6-18(14)23(25)26)21-7-9-22(10-8-21)19(24)13-15-3-2-4-16(20)12-15/h2-6,11-12H,7-10,13H2,1H3. The smallest absolute Gasteiger partial charge is 0.272 e. The fourth-order valence-corrected chi connectivity index (χ4v) is 3.40. The third-order valence-corrected chi connectivity index (χ3v) is 4.85. The second-order valence-corrected chi connectivity index (χ2v) is 6.84. The molecule has 0 bridgehead atoms. The monoisotopic (exact) mass is 373 g/mol. The molecule has 0 N–H and O–H groups in total. The number of carbonyl (C=O) groups is 1. The van der Waals surface area contributed by atoms with Crippen molar-refractivity contribution in [1.82, 2.24) is 4.90 Å². The van der Waals surface area contributed by atoms with Gasteiger partial charge in [0.25, 0.3) is 5.69 Å². The van der Waals surface area contributed by atoms with Crippen molar-refractivity contribution >= 4 is 28.9 Å². The first-order valence-electron chi connectivity index (χ1n) is 8.46. The molecule has 3 rings (SSSR count). The van der Waals surface area contributed by atoms with Crippen LogP contribution in [0.1, 0.15) is 11.1 Å². The van der Waals surface area contributed by atoms with Gasteiger partial charge in [0.15, 0.2) is 0 Å². The van der Waals surface area contributed by atoms with Crippen molar-refractivity contribution in [1.29, 1.82) is 0 Å². The van der Waals surface area contributed by atoms with Crippen LogP contribution >= 0.6 is 11.6 Å². The molecule has 1 saturated heterocycles. The van der Waals surface area contributed by atoms with E-state index in [0.717, 1.165) is 11.3 Å². The van der Waals surface area contributed by atoms with Gasteiger partial charge in [0.05, 0.1) is 11.3 Å². The maximum Gasteiger partial charge on any atom is 0.272 e. The van der Waals surface area contributed by atoms with Gasteiger partial charge in [-0.1, -0.05) is 23.7 Å². The summed E-state index contributed by atoms with van der Waals surface area (Å²) in [6, 6.07) is 12.5. The van der Waals surface area contributed by atoms with E-state index in [1.165, 1.54) is 0 Å². The van der Waals surface area contributed by atoms with Crippen molar-refractivity contribution in [2.24, 2.45) is 0 Å². The molecule has 6 nitrogen and oxygen atoms in total. The van der Waals surface area contributed by atoms with E-state index >= 15 is 0 Å². The number of nitro benzene ring substituents is 1. The number of benzene rings is 2. The number of hydrogen-bond acceptors (Lipinski definition) is 4. The van der Waals surface area contributed by atoms with Gasteiger partial charge in [-0.05, 0) is 36.8 Å². The van der Waals surface area contributed by atoms with Gasteiger partial charge in [-0.2, -0.15) is 0 Å². The van der Waals surface area contributed by atoms with Crippen LogP contribution in [0.2, 0.25) is 5.02 Å². The van der Waals surface area contributed by atoms with Crippen LogP contribution in [0.5, 0.6) is 0 Å². The van der Waals surface area contributed by atoms with Crippen molar-refractivity contribution in [2.45, 2.75) is 13.3 Å². The van der Waals surface area contributed by atoms with Gasteiger partial charge in [-0.15, -0.1) is 0 Å². The highest BCUT2D eigenvalue weighted by Crippen LogP contribution is 2.25. The van der Waals surface area contributed by atoms with E-state index < -0.39 is 0 Å². The number of halogens is 1. The predicted octanol–water partition coefficient (Wildman–Crippen LogP) is 3.45. The Morgan fingerprint density at radius 2 is 1.88 bits per heavy atom. The maximum absolute atomic E-state index is 12.5. The van der Waals surface area contributed by atoms with Gasteiger partial charge in [0.1, 0.15) is 0 Å². The van der Waals surface area contributed by atoms with Gasteiger partial charge in [-0.3, -0.25) is 14.9 Å². The Bertz CT molecular complexity index is 833. The maximum atomic E-state index is 12.5. The van der Waals surface area contributed by atoms with E-state index in [4.69, 9.17) is 11.6 Å². The van der Waals surface area contributed by atoms with E-state index in [1.807, 2.05) is 29.2 Å². The van der Waals surface area contributed by atoms with Gasteiger partial charge in [-0.25, -0.2) is 0 Å². The van der Waals surface area contributed by atoms with Crippen molar-refractivity contribution in [2.75, 3.05) is 31.1 Å². The average molecular weight is 374 g/mol. The zero-order chi connectivity index (χ0) is 18.7. The second kappa shape index (κ2) is 7.74. The summed E-state index contributed by atoms with van der Waals surface area (Å²) in [5.41, 5.74) is 2.64. The van der Waals surface area contributed by atoms with Crippen LogP contribution in [-0.4, -0.2) is 41.9 Å². The minimum atomic E-state index is -0.369. The molecule has 0 atom stereocenters. The summed E-state index contributed by atoms with van der Waals surface area (Å²) in [6.45, 7) is 4.42. The van der Waals surface area contributed by atoms with Gasteiger partial charge in [0.2, 0.25) is 5.91 Å². The molecule has 0 radical (unpaired) electrons. The Hall–Kier alpha value is -2.60. The molecule has 1 aliphatic rings. The Labute approximate surface area is 157 Å². The van der Waals surface area contributed by atoms with Crippen LogP contribution in [0.3, 0.4) is 0 Å². The van der Waals surface area contributed by atoms with Gasteiger partial charge in [0, 0.05) is 48.5 Å². The zero-order valence-corrected chi connectivity index (χ0v) is 15.3. The highest BCUT2D eigenvalue weighted by Gasteiger charge is 2.22. The Balaban J connectivity index is 1.59. The molecule has 0 spiro atoms. The largest absolute Gasteiger partial charge is 0.368 e. The van der Waals surface area contributed by atoms with Gasteiger partial charge >= 0.3 is 0 Å². The molecule has 7 heteroatoms. The minimum absolute atomic E-state index is 0.0896. The molecular weight excluding hydrogens is 354 g/mol. The first-order valence-corrected chi connectivity index (χ1v) is 8.84. The third kappa shape index (κ3) is 4.14. The molecule has 1 aliphatic heterocycles. The summed E-state index contributed by atoms with van der Waals surface area (Å²) in [7, 11) is 0. The first kappa shape index (κ1) is 18.2. The quantitative estimate of drug-likeness (QED) is 0.608. The molecule has 2 aromatic carbocycles. The van der Waals surface area contributed by atoms with Crippen LogP contribution in [0.15, 0.2) is 42.5 Å². The van der Waals surface area contributed by atoms with Crippen LogP contribution in [0, 0.1) is 17.0 Å². The molecule has 26 heavy (non-hydrogen) atoms. The van der Waals surface area contributed by atoms with Crippen molar-refractivity contribution in [3.63, 3.8) is 0 Å². The lowest BCUT2D eigenvalue weighted by molar-refractivity contribution is -0.385. The summed E-state index contributed by atoms with van der Waals surface area (Å²) < 4.78 is 0. The third-order valence-electron chi connectivity index (χ3n) is 4.62. The molecule has 0 aliphatic carbocycles. The molecule has 2 aromatic rings. The number of anilines is 1. The molecule has 1 amide bonds. The topological polar surface area (TPSA) is 66.7 Å². The Morgan fingerprint density at radius 3 is 2.50 bits per heavy atom. The number of hydrogen-bond donors (Lipinski definition) is 0. The van der Waals surface area contributed by atoms with E-state index in [0.29, 0.717) is 43.2 Å². The number of aryl methyl sites for hydroxylation is 1. The summed E-state index contributed by atoms with van der Waals surface area (Å²) in [4.78, 5) is 27.1. The summed E-state index contributed by atoms with van der Waals surface area (Å²) in [5, 5.41) is 11.6. The number of carbonyl (C=O) groups excluding carboxylic acids is 1. The molecule has 1 heterocycles. The normalized spacial score (nSPS) is 14.4. The zero-order valence-electron chi connectivity index (χ0n) is 14.5. The molecule has 0 saturated carbocycles. The molecule has 1 fully saturated rings. The van der Waals surface area contributed by atoms with Crippen LogP contribution in [-0.2, 0) is 11.2 Å². The fourth-order valence-electron chi connectivity index (χ4n) is 3.19.